The summed E-state index contributed by atoms with van der Waals surface area (Å²) in [6.45, 7) is 1.45. The number of benzene rings is 1. The van der Waals surface area contributed by atoms with Crippen LogP contribution in [0.15, 0.2) is 36.7 Å². The molecule has 3 N–H and O–H groups in total. The van der Waals surface area contributed by atoms with E-state index in [9.17, 15) is 18.0 Å². The second-order valence-electron chi connectivity index (χ2n) is 4.29. The molecule has 1 aromatic rings. The van der Waals surface area contributed by atoms with Gasteiger partial charge in [0.1, 0.15) is 0 Å². The van der Waals surface area contributed by atoms with Crippen molar-refractivity contribution in [2.75, 3.05) is 5.01 Å². The topological polar surface area (TPSA) is 70.8 Å². The van der Waals surface area contributed by atoms with Gasteiger partial charge in [-0.15, -0.1) is 5.53 Å². The van der Waals surface area contributed by atoms with Gasteiger partial charge in [0.15, 0.2) is 6.10 Å². The van der Waals surface area contributed by atoms with Gasteiger partial charge in [0.2, 0.25) is 5.91 Å². The van der Waals surface area contributed by atoms with Gasteiger partial charge in [-0.2, -0.15) is 18.3 Å². The summed E-state index contributed by atoms with van der Waals surface area (Å²) < 4.78 is 37.9. The highest BCUT2D eigenvalue weighted by Crippen LogP contribution is 2.31. The summed E-state index contributed by atoms with van der Waals surface area (Å²) in [6, 6.07) is 4.75. The minimum absolute atomic E-state index is 0.263. The number of hydrazine groups is 2. The number of halogens is 3. The Morgan fingerprint density at radius 1 is 1.38 bits per heavy atom. The fourth-order valence-electron chi connectivity index (χ4n) is 1.56. The van der Waals surface area contributed by atoms with Crippen molar-refractivity contribution >= 4 is 11.6 Å². The molecule has 0 aliphatic carbocycles. The van der Waals surface area contributed by atoms with E-state index in [2.05, 4.69) is 5.53 Å². The minimum atomic E-state index is -4.42. The summed E-state index contributed by atoms with van der Waals surface area (Å²) in [4.78, 5) is 16.0. The van der Waals surface area contributed by atoms with Crippen molar-refractivity contribution in [2.45, 2.75) is 19.2 Å². The maximum atomic E-state index is 12.6. The molecule has 9 heteroatoms. The molecule has 1 aliphatic heterocycles. The van der Waals surface area contributed by atoms with Gasteiger partial charge >= 0.3 is 6.18 Å². The summed E-state index contributed by atoms with van der Waals surface area (Å²) in [7, 11) is 0. The highest BCUT2D eigenvalue weighted by molar-refractivity contribution is 5.78. The Kier molecular flexibility index (Phi) is 4.05. The Morgan fingerprint density at radius 2 is 2.10 bits per heavy atom. The monoisotopic (exact) mass is 302 g/mol. The molecule has 0 aromatic heterocycles. The van der Waals surface area contributed by atoms with Crippen molar-refractivity contribution in [1.82, 2.24) is 10.7 Å². The second kappa shape index (κ2) is 5.62. The number of primary amides is 1. The van der Waals surface area contributed by atoms with Gasteiger partial charge in [-0.3, -0.25) is 9.80 Å². The van der Waals surface area contributed by atoms with E-state index in [0.29, 0.717) is 0 Å². The zero-order valence-corrected chi connectivity index (χ0v) is 11.0. The van der Waals surface area contributed by atoms with Crippen molar-refractivity contribution in [3.05, 3.63) is 42.2 Å². The van der Waals surface area contributed by atoms with E-state index in [1.165, 1.54) is 36.5 Å². The molecule has 1 atom stereocenters. The van der Waals surface area contributed by atoms with Crippen molar-refractivity contribution in [1.29, 1.82) is 0 Å². The lowest BCUT2D eigenvalue weighted by atomic mass is 10.2. The number of hydrogen-bond donors (Lipinski definition) is 2. The zero-order valence-electron chi connectivity index (χ0n) is 11.0. The Hall–Kier alpha value is -2.26. The molecule has 0 radical (unpaired) electrons. The van der Waals surface area contributed by atoms with Crippen LogP contribution in [0.5, 0.6) is 0 Å². The lowest BCUT2D eigenvalue weighted by molar-refractivity contribution is -0.189. The summed E-state index contributed by atoms with van der Waals surface area (Å²) in [5, 5.41) is 2.39. The molecular weight excluding hydrogens is 289 g/mol. The average molecular weight is 302 g/mol. The third kappa shape index (κ3) is 3.64. The van der Waals surface area contributed by atoms with E-state index in [1.54, 1.807) is 0 Å². The first-order chi connectivity index (χ1) is 9.77. The SMILES string of the molecule is CC(ON1C=CN(c2cccc(C(F)(F)F)c2)N1)C(N)=O. The van der Waals surface area contributed by atoms with Gasteiger partial charge in [-0.1, -0.05) is 6.07 Å². The summed E-state index contributed by atoms with van der Waals surface area (Å²) in [5.41, 5.74) is 7.18. The van der Waals surface area contributed by atoms with E-state index in [0.717, 1.165) is 17.3 Å². The molecule has 114 valence electrons. The van der Waals surface area contributed by atoms with Gasteiger partial charge < -0.3 is 5.73 Å². The number of anilines is 1. The molecule has 1 aliphatic rings. The lowest BCUT2D eigenvalue weighted by Gasteiger charge is -2.23. The maximum Gasteiger partial charge on any atom is 0.416 e. The molecule has 0 saturated heterocycles. The maximum absolute atomic E-state index is 12.6. The summed E-state index contributed by atoms with van der Waals surface area (Å²) >= 11 is 0. The number of nitrogens with one attached hydrogen (secondary N) is 1. The number of carbonyl (C=O) groups is 1. The van der Waals surface area contributed by atoms with Crippen LogP contribution in [-0.4, -0.2) is 17.2 Å². The largest absolute Gasteiger partial charge is 0.416 e. The van der Waals surface area contributed by atoms with Gasteiger partial charge in [0, 0.05) is 6.20 Å². The fourth-order valence-corrected chi connectivity index (χ4v) is 1.56. The zero-order chi connectivity index (χ0) is 15.6. The number of hydroxylamine groups is 1. The molecule has 1 unspecified atom stereocenters. The number of carbonyl (C=O) groups excluding carboxylic acids is 1. The normalized spacial score (nSPS) is 16.4. The van der Waals surface area contributed by atoms with E-state index in [-0.39, 0.29) is 5.69 Å². The van der Waals surface area contributed by atoms with Crippen LogP contribution in [0.2, 0.25) is 0 Å². The molecule has 6 nitrogen and oxygen atoms in total. The van der Waals surface area contributed by atoms with E-state index in [1.807, 2.05) is 0 Å². The molecule has 0 saturated carbocycles. The van der Waals surface area contributed by atoms with Crippen LogP contribution in [0.4, 0.5) is 18.9 Å². The van der Waals surface area contributed by atoms with E-state index < -0.39 is 23.8 Å². The van der Waals surface area contributed by atoms with E-state index >= 15 is 0 Å². The molecule has 1 aromatic carbocycles. The second-order valence-corrected chi connectivity index (χ2v) is 4.29. The molecule has 0 spiro atoms. The molecule has 0 bridgehead atoms. The molecule has 0 fully saturated rings. The summed E-state index contributed by atoms with van der Waals surface area (Å²) in [6.07, 6.45) is -2.46. The van der Waals surface area contributed by atoms with Gasteiger partial charge in [0.25, 0.3) is 0 Å². The molecular formula is C12H13F3N4O2. The van der Waals surface area contributed by atoms with Crippen molar-refractivity contribution < 1.29 is 22.8 Å². The number of nitrogens with zero attached hydrogens (tertiary/aromatic N) is 2. The van der Waals surface area contributed by atoms with Gasteiger partial charge in [0.05, 0.1) is 17.5 Å². The van der Waals surface area contributed by atoms with Crippen LogP contribution in [0, 0.1) is 0 Å². The Balaban J connectivity index is 2.05. The Bertz CT molecular complexity index is 562. The minimum Gasteiger partial charge on any atom is -0.367 e. The van der Waals surface area contributed by atoms with Crippen LogP contribution >= 0.6 is 0 Å². The molecule has 1 amide bonds. The van der Waals surface area contributed by atoms with Crippen molar-refractivity contribution in [3.8, 4) is 0 Å². The van der Waals surface area contributed by atoms with Crippen LogP contribution < -0.4 is 16.3 Å². The smallest absolute Gasteiger partial charge is 0.367 e. The van der Waals surface area contributed by atoms with E-state index in [4.69, 9.17) is 10.6 Å². The standard InChI is InChI=1S/C12H13F3N4O2/c1-8(11(16)20)21-19-6-5-18(17-19)10-4-2-3-9(7-10)12(13,14)15/h2-8,17H,1H3,(H2,16,20). The molecule has 21 heavy (non-hydrogen) atoms. The third-order valence-electron chi connectivity index (χ3n) is 2.68. The number of alkyl halides is 3. The Morgan fingerprint density at radius 3 is 2.71 bits per heavy atom. The van der Waals surface area contributed by atoms with Crippen molar-refractivity contribution in [3.63, 3.8) is 0 Å². The van der Waals surface area contributed by atoms with Crippen LogP contribution in [0.1, 0.15) is 12.5 Å². The first-order valence-electron chi connectivity index (χ1n) is 5.94. The van der Waals surface area contributed by atoms with Crippen LogP contribution in [0.25, 0.3) is 0 Å². The predicted molar refractivity (Wildman–Crippen MR) is 67.8 cm³/mol. The summed E-state index contributed by atoms with van der Waals surface area (Å²) in [5.74, 6) is -0.664. The average Bonchev–Trinajstić information content (AvgIpc) is 2.86. The Labute approximate surface area is 118 Å². The first kappa shape index (κ1) is 15.1. The third-order valence-corrected chi connectivity index (χ3v) is 2.68. The lowest BCUT2D eigenvalue weighted by Crippen LogP contribution is -2.43. The number of nitrogens with two attached hydrogens (primary N) is 1. The van der Waals surface area contributed by atoms with Crippen molar-refractivity contribution in [2.24, 2.45) is 5.73 Å². The first-order valence-corrected chi connectivity index (χ1v) is 5.94. The van der Waals surface area contributed by atoms with Crippen LogP contribution in [-0.2, 0) is 15.8 Å². The molecule has 1 heterocycles. The van der Waals surface area contributed by atoms with Gasteiger partial charge in [-0.05, 0) is 25.1 Å². The number of amides is 1. The predicted octanol–water partition coefficient (Wildman–Crippen LogP) is 1.52. The van der Waals surface area contributed by atoms with Crippen LogP contribution in [0.3, 0.4) is 0 Å². The fraction of sp³-hybridized carbons (Fsp3) is 0.250. The highest BCUT2D eigenvalue weighted by Gasteiger charge is 2.31. The molecule has 2 rings (SSSR count). The van der Waals surface area contributed by atoms with Gasteiger partial charge in [-0.25, -0.2) is 4.84 Å². The quantitative estimate of drug-likeness (QED) is 0.882. The number of hydrogen-bond acceptors (Lipinski definition) is 5. The highest BCUT2D eigenvalue weighted by atomic mass is 19.4. The number of rotatable bonds is 4.